The molecule has 0 aliphatic heterocycles. The maximum Gasteiger partial charge on any atom is 0.257 e. The monoisotopic (exact) mass is 580 g/mol. The molecule has 0 nitrogen and oxygen atoms in total. The number of allylic oxidation sites excluding steroid dienone is 2. The van der Waals surface area contributed by atoms with Crippen molar-refractivity contribution < 1.29 is 35.1 Å². The smallest absolute Gasteiger partial charge is 0.207 e. The SMILES string of the molecule is CCCC1CCC(c2cc(F)c(-c3cc(F)c(CCc4cc(F)c(C/C=C/C(F)F)c(F)c4)c(F)c3)c(F)c2)CC1. The summed E-state index contributed by atoms with van der Waals surface area (Å²) in [5, 5.41) is 0. The zero-order valence-electron chi connectivity index (χ0n) is 22.7. The highest BCUT2D eigenvalue weighted by Gasteiger charge is 2.25. The summed E-state index contributed by atoms with van der Waals surface area (Å²) in [4.78, 5) is 0. The van der Waals surface area contributed by atoms with Crippen LogP contribution in [-0.2, 0) is 19.3 Å². The van der Waals surface area contributed by atoms with Crippen LogP contribution in [0.2, 0.25) is 0 Å². The lowest BCUT2D eigenvalue weighted by Crippen LogP contribution is -2.13. The molecule has 0 atom stereocenters. The van der Waals surface area contributed by atoms with Gasteiger partial charge in [0.05, 0.1) is 5.56 Å². The first kappa shape index (κ1) is 30.8. The first-order chi connectivity index (χ1) is 19.6. The number of rotatable bonds is 10. The second-order valence-corrected chi connectivity index (χ2v) is 10.8. The number of benzene rings is 3. The van der Waals surface area contributed by atoms with Crippen molar-refractivity contribution in [2.75, 3.05) is 0 Å². The van der Waals surface area contributed by atoms with E-state index in [2.05, 4.69) is 6.92 Å². The number of halogens is 8. The maximum atomic E-state index is 15.1. The highest BCUT2D eigenvalue weighted by Crippen LogP contribution is 2.40. The second kappa shape index (κ2) is 13.7. The fourth-order valence-electron chi connectivity index (χ4n) is 5.84. The molecule has 0 bridgehead atoms. The van der Waals surface area contributed by atoms with Crippen molar-refractivity contribution in [3.63, 3.8) is 0 Å². The van der Waals surface area contributed by atoms with Gasteiger partial charge in [0, 0.05) is 11.1 Å². The summed E-state index contributed by atoms with van der Waals surface area (Å²) in [6.45, 7) is 2.14. The van der Waals surface area contributed by atoms with Crippen LogP contribution in [0.15, 0.2) is 48.6 Å². The largest absolute Gasteiger partial charge is 0.257 e. The zero-order valence-corrected chi connectivity index (χ0v) is 22.7. The predicted molar refractivity (Wildman–Crippen MR) is 144 cm³/mol. The third kappa shape index (κ3) is 7.57. The Bertz CT molecular complexity index is 1320. The summed E-state index contributed by atoms with van der Waals surface area (Å²) in [6.07, 6.45) is 3.89. The molecular formula is C33H32F8. The molecule has 0 amide bonds. The molecule has 1 fully saturated rings. The van der Waals surface area contributed by atoms with Gasteiger partial charge < -0.3 is 0 Å². The Morgan fingerprint density at radius 2 is 1.27 bits per heavy atom. The minimum Gasteiger partial charge on any atom is -0.207 e. The first-order valence-electron chi connectivity index (χ1n) is 14.0. The average Bonchev–Trinajstić information content (AvgIpc) is 2.90. The second-order valence-electron chi connectivity index (χ2n) is 10.8. The van der Waals surface area contributed by atoms with Crippen molar-refractivity contribution >= 4 is 0 Å². The highest BCUT2D eigenvalue weighted by atomic mass is 19.3. The molecule has 0 saturated heterocycles. The number of hydrogen-bond donors (Lipinski definition) is 0. The Hall–Kier alpha value is -3.16. The van der Waals surface area contributed by atoms with Gasteiger partial charge in [-0.1, -0.05) is 25.8 Å². The molecule has 1 aliphatic carbocycles. The van der Waals surface area contributed by atoms with E-state index in [1.54, 1.807) is 0 Å². The Morgan fingerprint density at radius 1 is 0.707 bits per heavy atom. The fourth-order valence-corrected chi connectivity index (χ4v) is 5.84. The quantitative estimate of drug-likeness (QED) is 0.165. The van der Waals surface area contributed by atoms with E-state index in [0.29, 0.717) is 17.6 Å². The summed E-state index contributed by atoms with van der Waals surface area (Å²) in [6, 6.07) is 6.19. The van der Waals surface area contributed by atoms with E-state index in [-0.39, 0.29) is 41.9 Å². The van der Waals surface area contributed by atoms with Gasteiger partial charge in [0.2, 0.25) is 0 Å². The zero-order chi connectivity index (χ0) is 29.7. The van der Waals surface area contributed by atoms with Gasteiger partial charge in [0.25, 0.3) is 6.43 Å². The Kier molecular flexibility index (Phi) is 10.3. The van der Waals surface area contributed by atoms with Gasteiger partial charge >= 0.3 is 0 Å². The van der Waals surface area contributed by atoms with Gasteiger partial charge in [-0.25, -0.2) is 35.1 Å². The molecule has 4 rings (SSSR count). The lowest BCUT2D eigenvalue weighted by Gasteiger charge is -2.29. The van der Waals surface area contributed by atoms with Crippen LogP contribution < -0.4 is 0 Å². The van der Waals surface area contributed by atoms with E-state index in [9.17, 15) is 26.3 Å². The molecule has 8 heteroatoms. The molecule has 1 aliphatic rings. The highest BCUT2D eigenvalue weighted by molar-refractivity contribution is 5.66. The molecule has 3 aromatic carbocycles. The summed E-state index contributed by atoms with van der Waals surface area (Å²) in [5.74, 6) is -5.10. The van der Waals surface area contributed by atoms with Crippen molar-refractivity contribution in [3.05, 3.63) is 106 Å². The molecule has 3 aromatic rings. The van der Waals surface area contributed by atoms with Crippen LogP contribution in [-0.4, -0.2) is 6.43 Å². The van der Waals surface area contributed by atoms with E-state index in [0.717, 1.165) is 68.9 Å². The molecule has 220 valence electrons. The van der Waals surface area contributed by atoms with Crippen LogP contribution in [0.5, 0.6) is 0 Å². The maximum absolute atomic E-state index is 15.1. The number of hydrogen-bond acceptors (Lipinski definition) is 0. The molecule has 41 heavy (non-hydrogen) atoms. The van der Waals surface area contributed by atoms with Crippen LogP contribution >= 0.6 is 0 Å². The van der Waals surface area contributed by atoms with Crippen molar-refractivity contribution in [3.8, 4) is 11.1 Å². The van der Waals surface area contributed by atoms with Crippen LogP contribution in [0.4, 0.5) is 35.1 Å². The van der Waals surface area contributed by atoms with E-state index in [1.165, 1.54) is 12.1 Å². The predicted octanol–water partition coefficient (Wildman–Crippen LogP) is 10.4. The van der Waals surface area contributed by atoms with Crippen molar-refractivity contribution in [1.82, 2.24) is 0 Å². The molecule has 1 saturated carbocycles. The normalized spacial score (nSPS) is 17.6. The van der Waals surface area contributed by atoms with Gasteiger partial charge in [0.1, 0.15) is 34.9 Å². The van der Waals surface area contributed by atoms with Gasteiger partial charge in [-0.05, 0) is 116 Å². The molecule has 0 unspecified atom stereocenters. The molecule has 0 spiro atoms. The van der Waals surface area contributed by atoms with Crippen LogP contribution in [0.25, 0.3) is 11.1 Å². The van der Waals surface area contributed by atoms with Crippen molar-refractivity contribution in [1.29, 1.82) is 0 Å². The molecule has 0 aromatic heterocycles. The standard InChI is InChI=1S/C33H32F8/c1-2-4-19-7-10-21(11-8-19)22-15-30(38)33(31(39)16-22)23-17-28(36)25(29(37)18-23)12-9-20-13-26(34)24(27(35)14-20)5-3-6-32(40)41/h3,6,13-19,21,32H,2,4-5,7-12H2,1H3/b6-3+. The first-order valence-corrected chi connectivity index (χ1v) is 14.0. The number of alkyl halides is 2. The molecule has 0 radical (unpaired) electrons. The minimum atomic E-state index is -2.75. The topological polar surface area (TPSA) is 0 Å². The van der Waals surface area contributed by atoms with Crippen LogP contribution in [0.3, 0.4) is 0 Å². The molecule has 0 heterocycles. The third-order valence-corrected chi connectivity index (χ3v) is 7.98. The molecular weight excluding hydrogens is 548 g/mol. The van der Waals surface area contributed by atoms with Gasteiger partial charge in [-0.3, -0.25) is 0 Å². The number of aryl methyl sites for hydroxylation is 1. The van der Waals surface area contributed by atoms with Crippen LogP contribution in [0, 0.1) is 40.8 Å². The lowest BCUT2D eigenvalue weighted by molar-refractivity contribution is 0.204. The average molecular weight is 581 g/mol. The molecule has 0 N–H and O–H groups in total. The fraction of sp³-hybridized carbons (Fsp3) is 0.394. The van der Waals surface area contributed by atoms with Crippen LogP contribution in [0.1, 0.15) is 73.6 Å². The minimum absolute atomic E-state index is 0.0369. The van der Waals surface area contributed by atoms with Crippen molar-refractivity contribution in [2.45, 2.75) is 77.1 Å². The van der Waals surface area contributed by atoms with Gasteiger partial charge in [-0.2, -0.15) is 0 Å². The van der Waals surface area contributed by atoms with E-state index in [4.69, 9.17) is 0 Å². The van der Waals surface area contributed by atoms with E-state index in [1.807, 2.05) is 0 Å². The Balaban J connectivity index is 1.49. The Labute approximate surface area is 235 Å². The summed E-state index contributed by atoms with van der Waals surface area (Å²) >= 11 is 0. The summed E-state index contributed by atoms with van der Waals surface area (Å²) in [7, 11) is 0. The third-order valence-electron chi connectivity index (χ3n) is 7.98. The lowest BCUT2D eigenvalue weighted by atomic mass is 9.77. The summed E-state index contributed by atoms with van der Waals surface area (Å²) in [5.41, 5.74) is -0.923. The van der Waals surface area contributed by atoms with E-state index < -0.39 is 52.5 Å². The van der Waals surface area contributed by atoms with Crippen molar-refractivity contribution in [2.24, 2.45) is 5.92 Å². The van der Waals surface area contributed by atoms with E-state index >= 15 is 8.78 Å². The van der Waals surface area contributed by atoms with Gasteiger partial charge in [0.15, 0.2) is 0 Å². The summed E-state index contributed by atoms with van der Waals surface area (Å²) < 4.78 is 113. The Morgan fingerprint density at radius 3 is 1.80 bits per heavy atom. The van der Waals surface area contributed by atoms with Gasteiger partial charge in [-0.15, -0.1) is 0 Å².